The van der Waals surface area contributed by atoms with Crippen LogP contribution in [-0.4, -0.2) is 28.7 Å². The van der Waals surface area contributed by atoms with Gasteiger partial charge in [0, 0.05) is 7.05 Å². The third-order valence-corrected chi connectivity index (χ3v) is 3.75. The quantitative estimate of drug-likeness (QED) is 0.504. The Balaban J connectivity index is 2.03. The van der Waals surface area contributed by atoms with E-state index in [1.807, 2.05) is 0 Å². The fraction of sp³-hybridized carbons (Fsp3) is 0.833. The van der Waals surface area contributed by atoms with E-state index in [-0.39, 0.29) is 0 Å². The van der Waals surface area contributed by atoms with Gasteiger partial charge in [0.05, 0.1) is 12.7 Å². The van der Waals surface area contributed by atoms with Gasteiger partial charge in [-0.05, 0) is 12.8 Å². The van der Waals surface area contributed by atoms with Gasteiger partial charge in [0.2, 0.25) is 16.1 Å². The second-order valence-electron chi connectivity index (χ2n) is 4.61. The van der Waals surface area contributed by atoms with Crippen molar-refractivity contribution in [1.29, 1.82) is 0 Å². The molecule has 1 unspecified atom stereocenters. The molecule has 1 aliphatic heterocycles. The molecule has 0 aromatic rings. The molecule has 1 rings (SSSR count). The molecule has 88 valence electrons. The van der Waals surface area contributed by atoms with Gasteiger partial charge in [-0.3, -0.25) is 0 Å². The van der Waals surface area contributed by atoms with E-state index in [2.05, 4.69) is 47.4 Å². The normalized spacial score (nSPS) is 25.1. The average molecular weight is 276 g/mol. The summed E-state index contributed by atoms with van der Waals surface area (Å²) in [4.78, 5) is 2.23. The Bertz CT molecular complexity index is 206. The lowest BCUT2D eigenvalue weighted by molar-refractivity contribution is -0.726. The minimum atomic E-state index is 0.914. The van der Waals surface area contributed by atoms with Gasteiger partial charge in [-0.25, -0.2) is 3.51 Å². The second kappa shape index (κ2) is 6.54. The molecule has 0 aliphatic carbocycles. The van der Waals surface area contributed by atoms with Gasteiger partial charge in [0.15, 0.2) is 6.67 Å². The van der Waals surface area contributed by atoms with Crippen molar-refractivity contribution in [1.82, 2.24) is 4.90 Å². The third kappa shape index (κ3) is 5.03. The van der Waals surface area contributed by atoms with Gasteiger partial charge in [-0.15, -0.1) is 0 Å². The van der Waals surface area contributed by atoms with Crippen molar-refractivity contribution < 1.29 is 3.51 Å². The summed E-state index contributed by atoms with van der Waals surface area (Å²) in [6.45, 7) is 4.55. The SMILES string of the molecule is CCCCCCCC[N+]1(Br)C=CN(C)C1. The zero-order valence-corrected chi connectivity index (χ0v) is 11.7. The van der Waals surface area contributed by atoms with E-state index < -0.39 is 0 Å². The van der Waals surface area contributed by atoms with Gasteiger partial charge in [-0.1, -0.05) is 32.6 Å². The van der Waals surface area contributed by atoms with Crippen LogP contribution in [0.25, 0.3) is 0 Å². The van der Waals surface area contributed by atoms with Crippen LogP contribution in [-0.2, 0) is 0 Å². The van der Waals surface area contributed by atoms with E-state index >= 15 is 0 Å². The predicted octanol–water partition coefficient (Wildman–Crippen LogP) is 3.85. The molecule has 15 heavy (non-hydrogen) atoms. The Morgan fingerprint density at radius 1 is 1.20 bits per heavy atom. The van der Waals surface area contributed by atoms with Crippen LogP contribution < -0.4 is 0 Å². The average Bonchev–Trinajstić information content (AvgIpc) is 2.53. The lowest BCUT2D eigenvalue weighted by Crippen LogP contribution is -2.34. The maximum Gasteiger partial charge on any atom is 0.234 e. The van der Waals surface area contributed by atoms with Crippen molar-refractivity contribution in [3.8, 4) is 0 Å². The molecule has 2 nitrogen and oxygen atoms in total. The van der Waals surface area contributed by atoms with Crippen LogP contribution in [0.3, 0.4) is 0 Å². The van der Waals surface area contributed by atoms with Gasteiger partial charge < -0.3 is 4.90 Å². The number of nitrogens with zero attached hydrogens (tertiary/aromatic N) is 2. The minimum absolute atomic E-state index is 0.914. The van der Waals surface area contributed by atoms with E-state index in [4.69, 9.17) is 0 Å². The highest BCUT2D eigenvalue weighted by Gasteiger charge is 2.27. The van der Waals surface area contributed by atoms with E-state index in [0.29, 0.717) is 0 Å². The summed E-state index contributed by atoms with van der Waals surface area (Å²) in [5.41, 5.74) is 0. The number of hydrogen-bond donors (Lipinski definition) is 0. The molecule has 0 saturated carbocycles. The molecule has 0 saturated heterocycles. The van der Waals surface area contributed by atoms with E-state index in [0.717, 1.165) is 10.2 Å². The van der Waals surface area contributed by atoms with Crippen molar-refractivity contribution >= 4 is 16.1 Å². The second-order valence-corrected chi connectivity index (χ2v) is 6.03. The molecule has 0 spiro atoms. The first kappa shape index (κ1) is 13.0. The molecular weight excluding hydrogens is 252 g/mol. The summed E-state index contributed by atoms with van der Waals surface area (Å²) in [6.07, 6.45) is 12.7. The zero-order chi connectivity index (χ0) is 11.1. The summed E-state index contributed by atoms with van der Waals surface area (Å²) in [7, 11) is 2.12. The molecule has 1 aliphatic rings. The fourth-order valence-electron chi connectivity index (χ4n) is 2.00. The maximum absolute atomic E-state index is 3.78. The first-order valence-electron chi connectivity index (χ1n) is 6.12. The van der Waals surface area contributed by atoms with Crippen LogP contribution in [0.2, 0.25) is 0 Å². The number of unbranched alkanes of at least 4 members (excludes halogenated alkanes) is 5. The molecule has 1 heterocycles. The van der Waals surface area contributed by atoms with Crippen molar-refractivity contribution in [2.75, 3.05) is 20.3 Å². The standard InChI is InChI=1S/C12H24BrN2/c1-3-4-5-6-7-8-10-15(13)11-9-14(2)12-15/h9,11H,3-8,10,12H2,1-2H3/q+1. The monoisotopic (exact) mass is 275 g/mol. The highest BCUT2D eigenvalue weighted by Crippen LogP contribution is 2.24. The lowest BCUT2D eigenvalue weighted by atomic mass is 10.1. The van der Waals surface area contributed by atoms with Crippen molar-refractivity contribution in [3.05, 3.63) is 12.4 Å². The summed E-state index contributed by atoms with van der Waals surface area (Å²) < 4.78 is 0.914. The van der Waals surface area contributed by atoms with Crippen molar-refractivity contribution in [2.45, 2.75) is 45.4 Å². The number of rotatable bonds is 7. The summed E-state index contributed by atoms with van der Waals surface area (Å²) in [6, 6.07) is 0. The molecule has 3 heteroatoms. The molecule has 1 atom stereocenters. The summed E-state index contributed by atoms with van der Waals surface area (Å²) in [5.74, 6) is 0. The van der Waals surface area contributed by atoms with Crippen LogP contribution in [0.5, 0.6) is 0 Å². The Labute approximate surface area is 103 Å². The highest BCUT2D eigenvalue weighted by molar-refractivity contribution is 9.05. The van der Waals surface area contributed by atoms with Crippen LogP contribution in [0, 0.1) is 0 Å². The van der Waals surface area contributed by atoms with E-state index in [9.17, 15) is 0 Å². The molecule has 0 amide bonds. The van der Waals surface area contributed by atoms with Crippen LogP contribution in [0.4, 0.5) is 0 Å². The predicted molar refractivity (Wildman–Crippen MR) is 69.2 cm³/mol. The van der Waals surface area contributed by atoms with E-state index in [1.54, 1.807) is 0 Å². The molecule has 0 aromatic carbocycles. The van der Waals surface area contributed by atoms with Crippen LogP contribution in [0.15, 0.2) is 12.4 Å². The molecule has 0 radical (unpaired) electrons. The van der Waals surface area contributed by atoms with Crippen LogP contribution >= 0.6 is 16.1 Å². The fourth-order valence-corrected chi connectivity index (χ4v) is 2.71. The van der Waals surface area contributed by atoms with Crippen LogP contribution in [0.1, 0.15) is 45.4 Å². The minimum Gasteiger partial charge on any atom is -0.329 e. The largest absolute Gasteiger partial charge is 0.329 e. The summed E-state index contributed by atoms with van der Waals surface area (Å²) in [5, 5.41) is 0. The number of quaternary nitrogens is 1. The Kier molecular flexibility index (Phi) is 5.69. The summed E-state index contributed by atoms with van der Waals surface area (Å²) >= 11 is 3.78. The maximum atomic E-state index is 3.78. The Morgan fingerprint density at radius 2 is 1.87 bits per heavy atom. The molecule has 0 fully saturated rings. The highest BCUT2D eigenvalue weighted by atomic mass is 79.9. The molecule has 0 N–H and O–H groups in total. The van der Waals surface area contributed by atoms with Gasteiger partial charge in [-0.2, -0.15) is 0 Å². The lowest BCUT2D eigenvalue weighted by Gasteiger charge is -2.23. The first-order chi connectivity index (χ1) is 7.16. The molecule has 0 aromatic heterocycles. The third-order valence-electron chi connectivity index (χ3n) is 2.93. The first-order valence-corrected chi connectivity index (χ1v) is 6.83. The van der Waals surface area contributed by atoms with Gasteiger partial charge in [0.25, 0.3) is 0 Å². The van der Waals surface area contributed by atoms with Gasteiger partial charge >= 0.3 is 0 Å². The molecule has 0 bridgehead atoms. The molecular formula is C12H24BrN2+. The van der Waals surface area contributed by atoms with E-state index in [1.165, 1.54) is 45.1 Å². The van der Waals surface area contributed by atoms with Crippen molar-refractivity contribution in [3.63, 3.8) is 0 Å². The number of halogens is 1. The Hall–Kier alpha value is -0.0200. The van der Waals surface area contributed by atoms with Gasteiger partial charge in [0.1, 0.15) is 6.20 Å². The topological polar surface area (TPSA) is 3.24 Å². The Morgan fingerprint density at radius 3 is 2.47 bits per heavy atom. The van der Waals surface area contributed by atoms with Crippen molar-refractivity contribution in [2.24, 2.45) is 0 Å². The smallest absolute Gasteiger partial charge is 0.234 e. The zero-order valence-electron chi connectivity index (χ0n) is 10.1. The number of hydrogen-bond acceptors (Lipinski definition) is 1.